The molecule has 0 atom stereocenters. The third kappa shape index (κ3) is 3.92. The lowest BCUT2D eigenvalue weighted by Crippen LogP contribution is -2.37. The number of hydrogen-bond acceptors (Lipinski definition) is 4. The standard InChI is InChI=1S/C18H22F3N5O/c19-18(20,21)16-4-5-17(27)26(24-16)10-12-6-8-25(9-7-12)11-15-13-2-1-3-14(13)22-23-15/h4-5,12H,1-3,6-11H2,(H,22,23). The first-order chi connectivity index (χ1) is 12.9. The Morgan fingerprint density at radius 2 is 1.96 bits per heavy atom. The van der Waals surface area contributed by atoms with Gasteiger partial charge in [-0.2, -0.15) is 23.4 Å². The number of aromatic nitrogens is 4. The molecule has 0 aromatic carbocycles. The van der Waals surface area contributed by atoms with E-state index in [1.807, 2.05) is 0 Å². The van der Waals surface area contributed by atoms with Crippen LogP contribution in [-0.2, 0) is 32.1 Å². The van der Waals surface area contributed by atoms with Crippen LogP contribution in [-0.4, -0.2) is 38.0 Å². The predicted molar refractivity (Wildman–Crippen MR) is 92.1 cm³/mol. The fraction of sp³-hybridized carbons (Fsp3) is 0.611. The van der Waals surface area contributed by atoms with Crippen LogP contribution in [0.2, 0.25) is 0 Å². The van der Waals surface area contributed by atoms with E-state index in [1.54, 1.807) is 0 Å². The van der Waals surface area contributed by atoms with Gasteiger partial charge in [0.2, 0.25) is 0 Å². The SMILES string of the molecule is O=c1ccc(C(F)(F)F)nn1CC1CCN(Cc2n[nH]c3c2CCC3)CC1. The molecule has 0 bridgehead atoms. The molecule has 1 aliphatic heterocycles. The summed E-state index contributed by atoms with van der Waals surface area (Å²) >= 11 is 0. The number of likely N-dealkylation sites (tertiary alicyclic amines) is 1. The third-order valence-electron chi connectivity index (χ3n) is 5.56. The van der Waals surface area contributed by atoms with Crippen molar-refractivity contribution in [1.29, 1.82) is 0 Å². The molecule has 9 heteroatoms. The summed E-state index contributed by atoms with van der Waals surface area (Å²) in [7, 11) is 0. The van der Waals surface area contributed by atoms with Gasteiger partial charge in [0.25, 0.3) is 5.56 Å². The second-order valence-electron chi connectivity index (χ2n) is 7.44. The van der Waals surface area contributed by atoms with Crippen molar-refractivity contribution in [2.45, 2.75) is 51.4 Å². The third-order valence-corrected chi connectivity index (χ3v) is 5.56. The van der Waals surface area contributed by atoms with Crippen LogP contribution in [0.25, 0.3) is 0 Å². The maximum absolute atomic E-state index is 12.8. The van der Waals surface area contributed by atoms with Gasteiger partial charge in [0.05, 0.1) is 5.69 Å². The minimum absolute atomic E-state index is 0.153. The van der Waals surface area contributed by atoms with E-state index in [0.717, 1.165) is 67.8 Å². The molecule has 1 saturated heterocycles. The fourth-order valence-electron chi connectivity index (χ4n) is 4.03. The Morgan fingerprint density at radius 3 is 2.70 bits per heavy atom. The highest BCUT2D eigenvalue weighted by Gasteiger charge is 2.33. The van der Waals surface area contributed by atoms with Crippen molar-refractivity contribution in [2.75, 3.05) is 13.1 Å². The van der Waals surface area contributed by atoms with E-state index in [0.29, 0.717) is 0 Å². The van der Waals surface area contributed by atoms with Crippen molar-refractivity contribution in [1.82, 2.24) is 24.9 Å². The van der Waals surface area contributed by atoms with Gasteiger partial charge in [-0.25, -0.2) is 4.68 Å². The number of nitrogens with one attached hydrogen (secondary N) is 1. The summed E-state index contributed by atoms with van der Waals surface area (Å²) in [6.07, 6.45) is 0.457. The molecule has 2 aromatic heterocycles. The van der Waals surface area contributed by atoms with Gasteiger partial charge in [-0.1, -0.05) is 0 Å². The van der Waals surface area contributed by atoms with Crippen LogP contribution >= 0.6 is 0 Å². The van der Waals surface area contributed by atoms with Gasteiger partial charge in [0.15, 0.2) is 5.69 Å². The zero-order valence-corrected chi connectivity index (χ0v) is 14.9. The summed E-state index contributed by atoms with van der Waals surface area (Å²) in [6.45, 7) is 2.73. The first-order valence-corrected chi connectivity index (χ1v) is 9.33. The van der Waals surface area contributed by atoms with E-state index in [4.69, 9.17) is 0 Å². The first kappa shape index (κ1) is 18.2. The molecule has 4 rings (SSSR count). The van der Waals surface area contributed by atoms with Crippen LogP contribution in [0, 0.1) is 5.92 Å². The molecule has 146 valence electrons. The number of H-pyrrole nitrogens is 1. The van der Waals surface area contributed by atoms with Crippen LogP contribution < -0.4 is 5.56 Å². The van der Waals surface area contributed by atoms with Gasteiger partial charge in [-0.15, -0.1) is 0 Å². The minimum atomic E-state index is -4.54. The molecule has 0 unspecified atom stereocenters. The summed E-state index contributed by atoms with van der Waals surface area (Å²) in [5.41, 5.74) is 2.23. The molecule has 0 amide bonds. The first-order valence-electron chi connectivity index (χ1n) is 9.33. The zero-order chi connectivity index (χ0) is 19.0. The number of aryl methyl sites for hydroxylation is 1. The van der Waals surface area contributed by atoms with E-state index >= 15 is 0 Å². The summed E-state index contributed by atoms with van der Waals surface area (Å²) in [4.78, 5) is 14.2. The Hall–Kier alpha value is -2.16. The molecule has 0 radical (unpaired) electrons. The van der Waals surface area contributed by atoms with E-state index in [9.17, 15) is 18.0 Å². The summed E-state index contributed by atoms with van der Waals surface area (Å²) in [5, 5.41) is 11.1. The molecule has 2 aliphatic rings. The lowest BCUT2D eigenvalue weighted by atomic mass is 9.96. The Balaban J connectivity index is 1.35. The number of rotatable bonds is 4. The Labute approximate surface area is 154 Å². The minimum Gasteiger partial charge on any atom is -0.297 e. The molecule has 0 saturated carbocycles. The van der Waals surface area contributed by atoms with Gasteiger partial charge in [-0.05, 0) is 62.7 Å². The van der Waals surface area contributed by atoms with Crippen LogP contribution in [0.1, 0.15) is 41.9 Å². The Morgan fingerprint density at radius 1 is 1.19 bits per heavy atom. The number of alkyl halides is 3. The van der Waals surface area contributed by atoms with E-state index in [-0.39, 0.29) is 12.5 Å². The summed E-state index contributed by atoms with van der Waals surface area (Å²) in [6, 6.07) is 1.69. The number of fused-ring (bicyclic) bond motifs is 1. The Bertz CT molecular complexity index is 865. The van der Waals surface area contributed by atoms with Gasteiger partial charge in [-0.3, -0.25) is 14.8 Å². The highest BCUT2D eigenvalue weighted by atomic mass is 19.4. The quantitative estimate of drug-likeness (QED) is 0.883. The summed E-state index contributed by atoms with van der Waals surface area (Å²) < 4.78 is 39.4. The van der Waals surface area contributed by atoms with Gasteiger partial charge >= 0.3 is 6.18 Å². The number of halogens is 3. The average molecular weight is 381 g/mol. The van der Waals surface area contributed by atoms with Crippen LogP contribution in [0.3, 0.4) is 0 Å². The second-order valence-corrected chi connectivity index (χ2v) is 7.44. The molecule has 2 aromatic rings. The van der Waals surface area contributed by atoms with E-state index < -0.39 is 17.4 Å². The highest BCUT2D eigenvalue weighted by Crippen LogP contribution is 2.27. The highest BCUT2D eigenvalue weighted by molar-refractivity contribution is 5.29. The zero-order valence-electron chi connectivity index (χ0n) is 14.9. The molecule has 1 fully saturated rings. The van der Waals surface area contributed by atoms with Gasteiger partial charge in [0.1, 0.15) is 0 Å². The van der Waals surface area contributed by atoms with Gasteiger partial charge < -0.3 is 0 Å². The fourth-order valence-corrected chi connectivity index (χ4v) is 4.03. The number of hydrogen-bond donors (Lipinski definition) is 1. The van der Waals surface area contributed by atoms with Crippen molar-refractivity contribution in [3.8, 4) is 0 Å². The number of piperidine rings is 1. The van der Waals surface area contributed by atoms with Crippen molar-refractivity contribution in [3.63, 3.8) is 0 Å². The van der Waals surface area contributed by atoms with Crippen molar-refractivity contribution >= 4 is 0 Å². The lowest BCUT2D eigenvalue weighted by Gasteiger charge is -2.31. The number of aromatic amines is 1. The smallest absolute Gasteiger partial charge is 0.297 e. The largest absolute Gasteiger partial charge is 0.435 e. The van der Waals surface area contributed by atoms with E-state index in [1.165, 1.54) is 17.7 Å². The molecule has 1 aliphatic carbocycles. The number of nitrogens with zero attached hydrogens (tertiary/aromatic N) is 4. The van der Waals surface area contributed by atoms with Crippen molar-refractivity contribution < 1.29 is 13.2 Å². The Kier molecular flexibility index (Phi) is 4.79. The van der Waals surface area contributed by atoms with Crippen LogP contribution in [0.15, 0.2) is 16.9 Å². The monoisotopic (exact) mass is 381 g/mol. The molecule has 3 heterocycles. The lowest BCUT2D eigenvalue weighted by molar-refractivity contribution is -0.142. The molecule has 0 spiro atoms. The molecule has 6 nitrogen and oxygen atoms in total. The van der Waals surface area contributed by atoms with Crippen LogP contribution in [0.4, 0.5) is 13.2 Å². The topological polar surface area (TPSA) is 66.8 Å². The maximum atomic E-state index is 12.8. The predicted octanol–water partition coefficient (Wildman–Crippen LogP) is 2.39. The normalized spacial score (nSPS) is 18.8. The second kappa shape index (κ2) is 7.10. The summed E-state index contributed by atoms with van der Waals surface area (Å²) in [5.74, 6) is 0.153. The molecule has 1 N–H and O–H groups in total. The maximum Gasteiger partial charge on any atom is 0.435 e. The molecular weight excluding hydrogens is 359 g/mol. The molecular formula is C18H22F3N5O. The van der Waals surface area contributed by atoms with E-state index in [2.05, 4.69) is 20.2 Å². The average Bonchev–Trinajstić information content (AvgIpc) is 3.22. The van der Waals surface area contributed by atoms with Crippen molar-refractivity contribution in [2.24, 2.45) is 5.92 Å². The van der Waals surface area contributed by atoms with Gasteiger partial charge in [0, 0.05) is 24.8 Å². The van der Waals surface area contributed by atoms with Crippen LogP contribution in [0.5, 0.6) is 0 Å². The van der Waals surface area contributed by atoms with Crippen molar-refractivity contribution in [3.05, 3.63) is 45.1 Å². The molecule has 27 heavy (non-hydrogen) atoms.